The number of carbonyl (C=O) groups excluding carboxylic acids is 1. The molecule has 0 spiro atoms. The summed E-state index contributed by atoms with van der Waals surface area (Å²) in [5, 5.41) is 9.84. The maximum atomic E-state index is 12.0. The summed E-state index contributed by atoms with van der Waals surface area (Å²) in [5.41, 5.74) is 0. The van der Waals surface area contributed by atoms with E-state index in [1.807, 2.05) is 0 Å². The molecular formula is C14H26N2O2. The number of hydrogen-bond acceptors (Lipinski definition) is 3. The zero-order valence-corrected chi connectivity index (χ0v) is 11.6. The van der Waals surface area contributed by atoms with Crippen molar-refractivity contribution < 1.29 is 9.90 Å². The lowest BCUT2D eigenvalue weighted by Crippen LogP contribution is -2.44. The number of piperidine rings is 1. The van der Waals surface area contributed by atoms with Crippen LogP contribution in [0.3, 0.4) is 0 Å². The Morgan fingerprint density at radius 3 is 2.50 bits per heavy atom. The molecule has 1 atom stereocenters. The minimum atomic E-state index is -0.319. The van der Waals surface area contributed by atoms with Gasteiger partial charge in [0.05, 0.1) is 12.6 Å². The smallest absolute Gasteiger partial charge is 0.236 e. The minimum Gasteiger partial charge on any atom is -0.391 e. The van der Waals surface area contributed by atoms with Crippen LogP contribution < -0.4 is 0 Å². The maximum absolute atomic E-state index is 12.0. The standard InChI is InChI=1S/C14H26N2O2/c1-11-5-7-16(8-6-11)10-14(18)15(2)9-13(17)12-3-4-12/h11-13,17H,3-10H2,1-2H3. The molecule has 0 aromatic rings. The normalized spacial score (nSPS) is 23.9. The highest BCUT2D eigenvalue weighted by molar-refractivity contribution is 5.78. The zero-order chi connectivity index (χ0) is 13.1. The maximum Gasteiger partial charge on any atom is 0.236 e. The Morgan fingerprint density at radius 1 is 1.33 bits per heavy atom. The lowest BCUT2D eigenvalue weighted by atomic mass is 9.99. The number of nitrogens with zero attached hydrogens (tertiary/aromatic N) is 2. The van der Waals surface area contributed by atoms with Crippen molar-refractivity contribution in [2.45, 2.75) is 38.7 Å². The fourth-order valence-corrected chi connectivity index (χ4v) is 2.54. The Balaban J connectivity index is 1.69. The number of likely N-dealkylation sites (N-methyl/N-ethyl adjacent to an activating group) is 1. The predicted octanol–water partition coefficient (Wildman–Crippen LogP) is 0.948. The number of amides is 1. The SMILES string of the molecule is CC1CCN(CC(=O)N(C)CC(O)C2CC2)CC1. The molecule has 0 aromatic carbocycles. The molecule has 1 unspecified atom stereocenters. The third-order valence-corrected chi connectivity index (χ3v) is 4.29. The summed E-state index contributed by atoms with van der Waals surface area (Å²) in [6, 6.07) is 0. The summed E-state index contributed by atoms with van der Waals surface area (Å²) < 4.78 is 0. The van der Waals surface area contributed by atoms with Crippen molar-refractivity contribution in [3.05, 3.63) is 0 Å². The van der Waals surface area contributed by atoms with Crippen LogP contribution in [0.5, 0.6) is 0 Å². The van der Waals surface area contributed by atoms with Crippen LogP contribution in [0.1, 0.15) is 32.6 Å². The first-order valence-corrected chi connectivity index (χ1v) is 7.20. The van der Waals surface area contributed by atoms with E-state index in [-0.39, 0.29) is 12.0 Å². The molecule has 2 aliphatic rings. The van der Waals surface area contributed by atoms with E-state index in [2.05, 4.69) is 11.8 Å². The molecular weight excluding hydrogens is 228 g/mol. The van der Waals surface area contributed by atoms with E-state index in [4.69, 9.17) is 0 Å². The first-order chi connectivity index (χ1) is 8.56. The van der Waals surface area contributed by atoms with E-state index in [9.17, 15) is 9.90 Å². The first-order valence-electron chi connectivity index (χ1n) is 7.20. The third kappa shape index (κ3) is 3.95. The Labute approximate surface area is 110 Å². The average Bonchev–Trinajstić information content (AvgIpc) is 3.16. The van der Waals surface area contributed by atoms with E-state index in [0.717, 1.165) is 31.8 Å². The molecule has 0 bridgehead atoms. The summed E-state index contributed by atoms with van der Waals surface area (Å²) in [6.45, 7) is 5.35. The highest BCUT2D eigenvalue weighted by Gasteiger charge is 2.31. The molecule has 104 valence electrons. The van der Waals surface area contributed by atoms with Gasteiger partial charge in [0, 0.05) is 13.6 Å². The number of rotatable bonds is 5. The lowest BCUT2D eigenvalue weighted by Gasteiger charge is -2.31. The van der Waals surface area contributed by atoms with Gasteiger partial charge in [0.25, 0.3) is 0 Å². The van der Waals surface area contributed by atoms with Crippen LogP contribution in [0.4, 0.5) is 0 Å². The van der Waals surface area contributed by atoms with Gasteiger partial charge in [0.1, 0.15) is 0 Å². The Kier molecular flexibility index (Phi) is 4.62. The summed E-state index contributed by atoms with van der Waals surface area (Å²) in [6.07, 6.45) is 4.31. The molecule has 1 aliphatic carbocycles. The van der Waals surface area contributed by atoms with Crippen LogP contribution >= 0.6 is 0 Å². The monoisotopic (exact) mass is 254 g/mol. The van der Waals surface area contributed by atoms with Gasteiger partial charge in [-0.1, -0.05) is 6.92 Å². The van der Waals surface area contributed by atoms with Crippen molar-refractivity contribution in [1.82, 2.24) is 9.80 Å². The highest BCUT2D eigenvalue weighted by atomic mass is 16.3. The molecule has 2 fully saturated rings. The van der Waals surface area contributed by atoms with Crippen LogP contribution in [0, 0.1) is 11.8 Å². The number of hydrogen-bond donors (Lipinski definition) is 1. The van der Waals surface area contributed by atoms with Gasteiger partial charge < -0.3 is 10.0 Å². The van der Waals surface area contributed by atoms with Gasteiger partial charge in [-0.3, -0.25) is 9.69 Å². The molecule has 4 heteroatoms. The summed E-state index contributed by atoms with van der Waals surface area (Å²) >= 11 is 0. The van der Waals surface area contributed by atoms with Crippen molar-refractivity contribution >= 4 is 5.91 Å². The third-order valence-electron chi connectivity index (χ3n) is 4.29. The molecule has 1 saturated heterocycles. The second-order valence-corrected chi connectivity index (χ2v) is 6.14. The zero-order valence-electron chi connectivity index (χ0n) is 11.6. The molecule has 1 heterocycles. The van der Waals surface area contributed by atoms with Crippen LogP contribution in [-0.4, -0.2) is 60.1 Å². The van der Waals surface area contributed by atoms with E-state index in [0.29, 0.717) is 19.0 Å². The summed E-state index contributed by atoms with van der Waals surface area (Å²) in [4.78, 5) is 16.0. The van der Waals surface area contributed by atoms with Crippen molar-refractivity contribution in [2.24, 2.45) is 11.8 Å². The van der Waals surface area contributed by atoms with Gasteiger partial charge >= 0.3 is 0 Å². The molecule has 4 nitrogen and oxygen atoms in total. The predicted molar refractivity (Wildman–Crippen MR) is 71.2 cm³/mol. The van der Waals surface area contributed by atoms with Crippen molar-refractivity contribution in [3.63, 3.8) is 0 Å². The lowest BCUT2D eigenvalue weighted by molar-refractivity contribution is -0.132. The Bertz CT molecular complexity index is 284. The van der Waals surface area contributed by atoms with Gasteiger partial charge in [-0.2, -0.15) is 0 Å². The molecule has 0 aromatic heterocycles. The number of likely N-dealkylation sites (tertiary alicyclic amines) is 1. The second-order valence-electron chi connectivity index (χ2n) is 6.14. The van der Waals surface area contributed by atoms with Crippen LogP contribution in [0.2, 0.25) is 0 Å². The molecule has 1 aliphatic heterocycles. The van der Waals surface area contributed by atoms with E-state index in [1.54, 1.807) is 11.9 Å². The first kappa shape index (κ1) is 13.8. The highest BCUT2D eigenvalue weighted by Crippen LogP contribution is 2.32. The Hall–Kier alpha value is -0.610. The summed E-state index contributed by atoms with van der Waals surface area (Å²) in [5.74, 6) is 1.38. The molecule has 2 rings (SSSR count). The molecule has 1 saturated carbocycles. The van der Waals surface area contributed by atoms with Gasteiger partial charge in [-0.15, -0.1) is 0 Å². The van der Waals surface area contributed by atoms with Crippen molar-refractivity contribution in [2.75, 3.05) is 33.2 Å². The Morgan fingerprint density at radius 2 is 1.94 bits per heavy atom. The van der Waals surface area contributed by atoms with E-state index >= 15 is 0 Å². The van der Waals surface area contributed by atoms with Gasteiger partial charge in [0.15, 0.2) is 0 Å². The second kappa shape index (κ2) is 6.02. The van der Waals surface area contributed by atoms with Crippen LogP contribution in [0.25, 0.3) is 0 Å². The molecule has 1 amide bonds. The number of aliphatic hydroxyl groups excluding tert-OH is 1. The van der Waals surface area contributed by atoms with Crippen molar-refractivity contribution in [1.29, 1.82) is 0 Å². The fraction of sp³-hybridized carbons (Fsp3) is 0.929. The quantitative estimate of drug-likeness (QED) is 0.794. The molecule has 1 N–H and O–H groups in total. The average molecular weight is 254 g/mol. The van der Waals surface area contributed by atoms with Gasteiger partial charge in [-0.05, 0) is 50.6 Å². The van der Waals surface area contributed by atoms with Gasteiger partial charge in [-0.25, -0.2) is 0 Å². The van der Waals surface area contributed by atoms with E-state index < -0.39 is 0 Å². The van der Waals surface area contributed by atoms with Gasteiger partial charge in [0.2, 0.25) is 5.91 Å². The van der Waals surface area contributed by atoms with E-state index in [1.165, 1.54) is 12.8 Å². The fourth-order valence-electron chi connectivity index (χ4n) is 2.54. The molecule has 18 heavy (non-hydrogen) atoms. The van der Waals surface area contributed by atoms with Crippen LogP contribution in [-0.2, 0) is 4.79 Å². The topological polar surface area (TPSA) is 43.8 Å². The molecule has 0 radical (unpaired) electrons. The largest absolute Gasteiger partial charge is 0.391 e. The summed E-state index contributed by atoms with van der Waals surface area (Å²) in [7, 11) is 1.81. The number of aliphatic hydroxyl groups is 1. The van der Waals surface area contributed by atoms with Crippen molar-refractivity contribution in [3.8, 4) is 0 Å². The van der Waals surface area contributed by atoms with Crippen LogP contribution in [0.15, 0.2) is 0 Å². The minimum absolute atomic E-state index is 0.143. The number of carbonyl (C=O) groups is 1.